The van der Waals surface area contributed by atoms with Crippen LogP contribution < -0.4 is 5.32 Å². The van der Waals surface area contributed by atoms with Crippen molar-refractivity contribution >= 4 is 21.7 Å². The van der Waals surface area contributed by atoms with Crippen LogP contribution in [0.5, 0.6) is 0 Å². The summed E-state index contributed by atoms with van der Waals surface area (Å²) in [6.45, 7) is 1.70. The van der Waals surface area contributed by atoms with Crippen LogP contribution in [-0.4, -0.2) is 44.4 Å². The molecule has 6 nitrogen and oxygen atoms in total. The van der Waals surface area contributed by atoms with Crippen LogP contribution in [0.15, 0.2) is 0 Å². The highest BCUT2D eigenvalue weighted by Crippen LogP contribution is 2.18. The molecule has 0 aromatic carbocycles. The fourth-order valence-corrected chi connectivity index (χ4v) is 3.33. The molecule has 0 saturated carbocycles. The summed E-state index contributed by atoms with van der Waals surface area (Å²) in [5, 5.41) is 1.71. The minimum Gasteiger partial charge on any atom is -0.459 e. The fourth-order valence-electron chi connectivity index (χ4n) is 1.56. The second-order valence-electron chi connectivity index (χ2n) is 3.56. The highest BCUT2D eigenvalue weighted by atomic mass is 32.2. The second kappa shape index (κ2) is 5.29. The van der Waals surface area contributed by atoms with Crippen molar-refractivity contribution in [2.24, 2.45) is 0 Å². The average molecular weight is 249 g/mol. The number of hydrogen-bond donors (Lipinski definition) is 1. The topological polar surface area (TPSA) is 89.5 Å². The third-order valence-electron chi connectivity index (χ3n) is 2.41. The van der Waals surface area contributed by atoms with Crippen LogP contribution in [0.3, 0.4) is 0 Å². The number of ether oxygens (including phenoxy) is 1. The van der Waals surface area contributed by atoms with Crippen LogP contribution in [0, 0.1) is 0 Å². The van der Waals surface area contributed by atoms with E-state index in [1.807, 2.05) is 0 Å². The van der Waals surface area contributed by atoms with Crippen molar-refractivity contribution in [1.29, 1.82) is 0 Å². The smallest absolute Gasteiger partial charge is 0.396 e. The predicted octanol–water partition coefficient (Wildman–Crippen LogP) is -0.757. The van der Waals surface area contributed by atoms with Gasteiger partial charge in [0.25, 0.3) is 0 Å². The first-order valence-electron chi connectivity index (χ1n) is 5.14. The molecule has 1 atom stereocenters. The van der Waals surface area contributed by atoms with E-state index in [1.165, 1.54) is 0 Å². The Morgan fingerprint density at radius 1 is 1.44 bits per heavy atom. The molecule has 1 rings (SSSR count). The van der Waals surface area contributed by atoms with Gasteiger partial charge in [0.1, 0.15) is 0 Å². The minimum atomic E-state index is -3.09. The molecule has 16 heavy (non-hydrogen) atoms. The Morgan fingerprint density at radius 3 is 2.62 bits per heavy atom. The van der Waals surface area contributed by atoms with Crippen LogP contribution in [0.25, 0.3) is 0 Å². The van der Waals surface area contributed by atoms with Crippen molar-refractivity contribution in [3.63, 3.8) is 0 Å². The summed E-state index contributed by atoms with van der Waals surface area (Å²) >= 11 is 0. The molecule has 1 heterocycles. The molecule has 92 valence electrons. The number of rotatable bonds is 3. The molecular weight excluding hydrogens is 234 g/mol. The van der Waals surface area contributed by atoms with Crippen molar-refractivity contribution in [2.45, 2.75) is 25.0 Å². The van der Waals surface area contributed by atoms with Gasteiger partial charge in [0.15, 0.2) is 9.84 Å². The molecule has 1 amide bonds. The molecule has 1 fully saturated rings. The molecule has 0 aliphatic carbocycles. The third-order valence-corrected chi connectivity index (χ3v) is 4.69. The first kappa shape index (κ1) is 13.0. The predicted molar refractivity (Wildman–Crippen MR) is 56.5 cm³/mol. The van der Waals surface area contributed by atoms with Gasteiger partial charge in [-0.15, -0.1) is 0 Å². The largest absolute Gasteiger partial charge is 0.459 e. The summed E-state index contributed by atoms with van der Waals surface area (Å²) in [6.07, 6.45) is 1.15. The van der Waals surface area contributed by atoms with Crippen LogP contribution in [0.1, 0.15) is 19.8 Å². The van der Waals surface area contributed by atoms with E-state index < -0.39 is 27.0 Å². The number of carbonyl (C=O) groups excluding carboxylic acids is 2. The SMILES string of the molecule is CCOC(=O)C(=O)NCC1CCCS1(=O)=O. The Hall–Kier alpha value is -1.11. The maximum Gasteiger partial charge on any atom is 0.396 e. The monoisotopic (exact) mass is 249 g/mol. The summed E-state index contributed by atoms with van der Waals surface area (Å²) in [5.41, 5.74) is 0. The van der Waals surface area contributed by atoms with Gasteiger partial charge in [0, 0.05) is 6.54 Å². The third kappa shape index (κ3) is 3.19. The van der Waals surface area contributed by atoms with E-state index in [0.717, 1.165) is 0 Å². The summed E-state index contributed by atoms with van der Waals surface area (Å²) in [6, 6.07) is 0. The lowest BCUT2D eigenvalue weighted by molar-refractivity contribution is -0.154. The molecular formula is C9H15NO5S. The number of nitrogens with one attached hydrogen (secondary N) is 1. The summed E-state index contributed by atoms with van der Waals surface area (Å²) in [5.74, 6) is -1.70. The zero-order valence-electron chi connectivity index (χ0n) is 9.06. The van der Waals surface area contributed by atoms with Gasteiger partial charge >= 0.3 is 11.9 Å². The highest BCUT2D eigenvalue weighted by Gasteiger charge is 2.31. The van der Waals surface area contributed by atoms with Crippen LogP contribution >= 0.6 is 0 Å². The van der Waals surface area contributed by atoms with E-state index in [2.05, 4.69) is 10.1 Å². The maximum atomic E-state index is 11.4. The highest BCUT2D eigenvalue weighted by molar-refractivity contribution is 7.92. The van der Waals surface area contributed by atoms with Gasteiger partial charge in [-0.2, -0.15) is 0 Å². The summed E-state index contributed by atoms with van der Waals surface area (Å²) < 4.78 is 27.3. The zero-order chi connectivity index (χ0) is 12.2. The van der Waals surface area contributed by atoms with E-state index in [0.29, 0.717) is 12.8 Å². The lowest BCUT2D eigenvalue weighted by atomic mass is 10.2. The number of amides is 1. The van der Waals surface area contributed by atoms with Crippen molar-refractivity contribution in [1.82, 2.24) is 5.32 Å². The lowest BCUT2D eigenvalue weighted by Gasteiger charge is -2.09. The Morgan fingerprint density at radius 2 is 2.12 bits per heavy atom. The summed E-state index contributed by atoms with van der Waals surface area (Å²) in [4.78, 5) is 22.0. The Kier molecular flexibility index (Phi) is 4.28. The maximum absolute atomic E-state index is 11.4. The second-order valence-corrected chi connectivity index (χ2v) is 5.96. The van der Waals surface area contributed by atoms with Crippen LogP contribution in [0.2, 0.25) is 0 Å². The van der Waals surface area contributed by atoms with Gasteiger partial charge < -0.3 is 10.1 Å². The van der Waals surface area contributed by atoms with Crippen molar-refractivity contribution < 1.29 is 22.7 Å². The van der Waals surface area contributed by atoms with E-state index in [-0.39, 0.29) is 18.9 Å². The molecule has 0 bridgehead atoms. The van der Waals surface area contributed by atoms with E-state index in [1.54, 1.807) is 6.92 Å². The fraction of sp³-hybridized carbons (Fsp3) is 0.778. The number of hydrogen-bond acceptors (Lipinski definition) is 5. The number of carbonyl (C=O) groups is 2. The molecule has 0 spiro atoms. The van der Waals surface area contributed by atoms with Crippen LogP contribution in [-0.2, 0) is 24.2 Å². The van der Waals surface area contributed by atoms with E-state index in [4.69, 9.17) is 0 Å². The molecule has 7 heteroatoms. The molecule has 1 N–H and O–H groups in total. The van der Waals surface area contributed by atoms with Gasteiger partial charge in [0.2, 0.25) is 0 Å². The first-order chi connectivity index (χ1) is 7.47. The van der Waals surface area contributed by atoms with Crippen molar-refractivity contribution in [3.8, 4) is 0 Å². The minimum absolute atomic E-state index is 0.0139. The van der Waals surface area contributed by atoms with Gasteiger partial charge in [-0.3, -0.25) is 4.79 Å². The normalized spacial score (nSPS) is 22.7. The molecule has 1 aliphatic heterocycles. The number of sulfone groups is 1. The molecule has 0 aromatic rings. The van der Waals surface area contributed by atoms with Crippen molar-refractivity contribution in [3.05, 3.63) is 0 Å². The van der Waals surface area contributed by atoms with Crippen molar-refractivity contribution in [2.75, 3.05) is 18.9 Å². The zero-order valence-corrected chi connectivity index (χ0v) is 9.88. The van der Waals surface area contributed by atoms with Gasteiger partial charge in [-0.1, -0.05) is 0 Å². The van der Waals surface area contributed by atoms with E-state index in [9.17, 15) is 18.0 Å². The Labute approximate surface area is 94.3 Å². The first-order valence-corrected chi connectivity index (χ1v) is 6.85. The molecule has 0 aromatic heterocycles. The molecule has 1 saturated heterocycles. The molecule has 1 unspecified atom stereocenters. The van der Waals surface area contributed by atoms with Gasteiger partial charge in [-0.05, 0) is 19.8 Å². The van der Waals surface area contributed by atoms with E-state index >= 15 is 0 Å². The van der Waals surface area contributed by atoms with Gasteiger partial charge in [0.05, 0.1) is 17.6 Å². The Balaban J connectivity index is 2.40. The molecule has 0 radical (unpaired) electrons. The average Bonchev–Trinajstić information content (AvgIpc) is 2.54. The standard InChI is InChI=1S/C9H15NO5S/c1-2-15-9(12)8(11)10-6-7-4-3-5-16(7,13)14/h7H,2-6H2,1H3,(H,10,11). The quantitative estimate of drug-likeness (QED) is 0.524. The molecule has 1 aliphatic rings. The Bertz CT molecular complexity index is 375. The lowest BCUT2D eigenvalue weighted by Crippen LogP contribution is -2.39. The number of esters is 1. The van der Waals surface area contributed by atoms with Crippen LogP contribution in [0.4, 0.5) is 0 Å². The van der Waals surface area contributed by atoms with Gasteiger partial charge in [-0.25, -0.2) is 13.2 Å². The summed E-state index contributed by atoms with van der Waals surface area (Å²) in [7, 11) is -3.09.